The van der Waals surface area contributed by atoms with Crippen LogP contribution in [0.5, 0.6) is 0 Å². The highest BCUT2D eigenvalue weighted by atomic mass is 35.5. The highest BCUT2D eigenvalue weighted by Gasteiger charge is 2.13. The fourth-order valence-corrected chi connectivity index (χ4v) is 2.14. The van der Waals surface area contributed by atoms with E-state index >= 15 is 0 Å². The summed E-state index contributed by atoms with van der Waals surface area (Å²) >= 11 is 5.89. The van der Waals surface area contributed by atoms with E-state index in [-0.39, 0.29) is 11.8 Å². The van der Waals surface area contributed by atoms with Crippen molar-refractivity contribution in [3.05, 3.63) is 64.7 Å². The standard InChI is InChI=1S/C17H17ClN2O2/c1-2-10-19-17(22)14-8-3-4-9-15(14)20-16(21)12-6-5-7-13(18)11-12/h3-9,11H,2,10H2,1H3,(H,19,22)(H,20,21). The van der Waals surface area contributed by atoms with E-state index in [0.29, 0.717) is 28.4 Å². The van der Waals surface area contributed by atoms with Crippen molar-refractivity contribution >= 4 is 29.1 Å². The van der Waals surface area contributed by atoms with E-state index in [1.54, 1.807) is 48.5 Å². The molecule has 0 aliphatic carbocycles. The molecular formula is C17H17ClN2O2. The maximum Gasteiger partial charge on any atom is 0.255 e. The molecule has 0 aliphatic heterocycles. The van der Waals surface area contributed by atoms with Gasteiger partial charge in [-0.15, -0.1) is 0 Å². The lowest BCUT2D eigenvalue weighted by molar-refractivity contribution is 0.0954. The number of anilines is 1. The van der Waals surface area contributed by atoms with Gasteiger partial charge in [0.2, 0.25) is 0 Å². The van der Waals surface area contributed by atoms with Crippen LogP contribution in [0.15, 0.2) is 48.5 Å². The van der Waals surface area contributed by atoms with E-state index in [1.807, 2.05) is 6.92 Å². The first-order valence-corrected chi connectivity index (χ1v) is 7.43. The molecule has 2 aromatic carbocycles. The van der Waals surface area contributed by atoms with Crippen molar-refractivity contribution in [2.45, 2.75) is 13.3 Å². The van der Waals surface area contributed by atoms with E-state index in [0.717, 1.165) is 6.42 Å². The highest BCUT2D eigenvalue weighted by molar-refractivity contribution is 6.31. The average Bonchev–Trinajstić information content (AvgIpc) is 2.53. The van der Waals surface area contributed by atoms with E-state index in [4.69, 9.17) is 11.6 Å². The summed E-state index contributed by atoms with van der Waals surface area (Å²) in [6, 6.07) is 13.6. The third-order valence-corrected chi connectivity index (χ3v) is 3.28. The zero-order valence-corrected chi connectivity index (χ0v) is 13.0. The van der Waals surface area contributed by atoms with Crippen LogP contribution in [-0.2, 0) is 0 Å². The van der Waals surface area contributed by atoms with Gasteiger partial charge in [0.05, 0.1) is 11.3 Å². The van der Waals surface area contributed by atoms with E-state index in [1.165, 1.54) is 0 Å². The molecule has 0 unspecified atom stereocenters. The molecule has 5 heteroatoms. The summed E-state index contributed by atoms with van der Waals surface area (Å²) < 4.78 is 0. The van der Waals surface area contributed by atoms with E-state index in [9.17, 15) is 9.59 Å². The Morgan fingerprint density at radius 1 is 1.05 bits per heavy atom. The quantitative estimate of drug-likeness (QED) is 0.883. The number of amides is 2. The summed E-state index contributed by atoms with van der Waals surface area (Å²) in [5, 5.41) is 6.04. The largest absolute Gasteiger partial charge is 0.352 e. The number of para-hydroxylation sites is 1. The fraction of sp³-hybridized carbons (Fsp3) is 0.176. The van der Waals surface area contributed by atoms with E-state index in [2.05, 4.69) is 10.6 Å². The molecule has 0 bridgehead atoms. The molecule has 0 aromatic heterocycles. The van der Waals surface area contributed by atoms with Gasteiger partial charge in [0, 0.05) is 17.1 Å². The third-order valence-electron chi connectivity index (χ3n) is 3.04. The summed E-state index contributed by atoms with van der Waals surface area (Å²) in [5.41, 5.74) is 1.35. The molecule has 2 aromatic rings. The number of carbonyl (C=O) groups is 2. The predicted octanol–water partition coefficient (Wildman–Crippen LogP) is 3.73. The summed E-state index contributed by atoms with van der Waals surface area (Å²) in [4.78, 5) is 24.4. The maximum atomic E-state index is 12.3. The van der Waals surface area contributed by atoms with Crippen molar-refractivity contribution in [2.24, 2.45) is 0 Å². The first-order valence-electron chi connectivity index (χ1n) is 7.06. The van der Waals surface area contributed by atoms with Crippen molar-refractivity contribution in [3.63, 3.8) is 0 Å². The molecule has 22 heavy (non-hydrogen) atoms. The number of rotatable bonds is 5. The van der Waals surface area contributed by atoms with Crippen LogP contribution in [0.2, 0.25) is 5.02 Å². The number of benzene rings is 2. The Balaban J connectivity index is 2.19. The van der Waals surface area contributed by atoms with Crippen LogP contribution < -0.4 is 10.6 Å². The average molecular weight is 317 g/mol. The van der Waals surface area contributed by atoms with Crippen LogP contribution in [-0.4, -0.2) is 18.4 Å². The molecule has 0 saturated carbocycles. The van der Waals surface area contributed by atoms with E-state index < -0.39 is 0 Å². The highest BCUT2D eigenvalue weighted by Crippen LogP contribution is 2.17. The maximum absolute atomic E-state index is 12.3. The van der Waals surface area contributed by atoms with Gasteiger partial charge in [-0.2, -0.15) is 0 Å². The molecule has 0 saturated heterocycles. The Kier molecular flexibility index (Phi) is 5.55. The molecule has 0 aliphatic rings. The Bertz CT molecular complexity index is 686. The van der Waals surface area contributed by atoms with Gasteiger partial charge in [0.1, 0.15) is 0 Å². The van der Waals surface area contributed by atoms with Gasteiger partial charge < -0.3 is 10.6 Å². The number of hydrogen-bond acceptors (Lipinski definition) is 2. The molecule has 0 fully saturated rings. The van der Waals surface area contributed by atoms with Crippen molar-refractivity contribution in [3.8, 4) is 0 Å². The second-order valence-electron chi connectivity index (χ2n) is 4.77. The van der Waals surface area contributed by atoms with Gasteiger partial charge in [0.25, 0.3) is 11.8 Å². The molecule has 0 spiro atoms. The number of nitrogens with one attached hydrogen (secondary N) is 2. The van der Waals surface area contributed by atoms with Gasteiger partial charge in [-0.05, 0) is 36.8 Å². The summed E-state index contributed by atoms with van der Waals surface area (Å²) in [5.74, 6) is -0.512. The van der Waals surface area contributed by atoms with Crippen LogP contribution in [0, 0.1) is 0 Å². The zero-order valence-electron chi connectivity index (χ0n) is 12.2. The smallest absolute Gasteiger partial charge is 0.255 e. The monoisotopic (exact) mass is 316 g/mol. The first-order chi connectivity index (χ1) is 10.6. The molecular weight excluding hydrogens is 300 g/mol. The zero-order chi connectivity index (χ0) is 15.9. The summed E-state index contributed by atoms with van der Waals surface area (Å²) in [6.07, 6.45) is 0.850. The molecule has 0 radical (unpaired) electrons. The first kappa shape index (κ1) is 16.0. The molecule has 2 N–H and O–H groups in total. The van der Waals surface area contributed by atoms with Gasteiger partial charge in [-0.3, -0.25) is 9.59 Å². The third kappa shape index (κ3) is 4.09. The normalized spacial score (nSPS) is 10.1. The number of carbonyl (C=O) groups excluding carboxylic acids is 2. The van der Waals surface area contributed by atoms with Crippen LogP contribution >= 0.6 is 11.6 Å². The number of halogens is 1. The minimum absolute atomic E-state index is 0.205. The van der Waals surface area contributed by atoms with Crippen molar-refractivity contribution in [1.82, 2.24) is 5.32 Å². The predicted molar refractivity (Wildman–Crippen MR) is 88.5 cm³/mol. The van der Waals surface area contributed by atoms with Gasteiger partial charge in [-0.1, -0.05) is 36.7 Å². The molecule has 0 atom stereocenters. The van der Waals surface area contributed by atoms with Crippen LogP contribution in [0.3, 0.4) is 0 Å². The topological polar surface area (TPSA) is 58.2 Å². The van der Waals surface area contributed by atoms with Crippen LogP contribution in [0.1, 0.15) is 34.1 Å². The van der Waals surface area contributed by atoms with Gasteiger partial charge in [-0.25, -0.2) is 0 Å². The van der Waals surface area contributed by atoms with Crippen LogP contribution in [0.4, 0.5) is 5.69 Å². The van der Waals surface area contributed by atoms with Crippen molar-refractivity contribution < 1.29 is 9.59 Å². The molecule has 4 nitrogen and oxygen atoms in total. The fourth-order valence-electron chi connectivity index (χ4n) is 1.95. The van der Waals surface area contributed by atoms with Crippen molar-refractivity contribution in [2.75, 3.05) is 11.9 Å². The lowest BCUT2D eigenvalue weighted by Gasteiger charge is -2.11. The Hall–Kier alpha value is -2.33. The second-order valence-corrected chi connectivity index (χ2v) is 5.20. The van der Waals surface area contributed by atoms with Crippen molar-refractivity contribution in [1.29, 1.82) is 0 Å². The second kappa shape index (κ2) is 7.61. The molecule has 0 heterocycles. The minimum Gasteiger partial charge on any atom is -0.352 e. The molecule has 2 amide bonds. The lowest BCUT2D eigenvalue weighted by atomic mass is 10.1. The summed E-state index contributed by atoms with van der Waals surface area (Å²) in [6.45, 7) is 2.57. The lowest BCUT2D eigenvalue weighted by Crippen LogP contribution is -2.25. The van der Waals surface area contributed by atoms with Gasteiger partial charge in [0.15, 0.2) is 0 Å². The minimum atomic E-state index is -0.307. The van der Waals surface area contributed by atoms with Crippen LogP contribution in [0.25, 0.3) is 0 Å². The Morgan fingerprint density at radius 2 is 1.82 bits per heavy atom. The summed E-state index contributed by atoms with van der Waals surface area (Å²) in [7, 11) is 0. The molecule has 114 valence electrons. The Morgan fingerprint density at radius 3 is 2.55 bits per heavy atom. The molecule has 2 rings (SSSR count). The number of hydrogen-bond donors (Lipinski definition) is 2. The SMILES string of the molecule is CCCNC(=O)c1ccccc1NC(=O)c1cccc(Cl)c1. The van der Waals surface area contributed by atoms with Gasteiger partial charge >= 0.3 is 0 Å². The Labute approximate surface area is 134 Å².